The Morgan fingerprint density at radius 3 is 2.00 bits per heavy atom. The van der Waals surface area contributed by atoms with Crippen molar-refractivity contribution in [3.8, 4) is 0 Å². The molecule has 3 heteroatoms. The Bertz CT molecular complexity index is 317. The van der Waals surface area contributed by atoms with Gasteiger partial charge in [0, 0.05) is 0 Å². The highest BCUT2D eigenvalue weighted by atomic mass is 16.1. The van der Waals surface area contributed by atoms with E-state index in [0.29, 0.717) is 11.5 Å². The summed E-state index contributed by atoms with van der Waals surface area (Å²) in [6.45, 7) is 4.20. The number of nitrogens with one attached hydrogen (secondary N) is 1. The maximum Gasteiger partial charge on any atom is 0.259 e. The topological polar surface area (TPSA) is 66.9 Å². The molecule has 0 bridgehead atoms. The molecule has 3 nitrogen and oxygen atoms in total. The van der Waals surface area contributed by atoms with E-state index < -0.39 is 11.9 Å². The third-order valence-corrected chi connectivity index (χ3v) is 2.24. The predicted octanol–water partition coefficient (Wildman–Crippen LogP) is 1.62. The molecule has 0 saturated heterocycles. The van der Waals surface area contributed by atoms with E-state index in [1.807, 2.05) is 24.3 Å². The number of carbonyl (C=O) groups excluding carboxylic acids is 1. The Balaban J connectivity index is 2.88. The van der Waals surface area contributed by atoms with E-state index in [-0.39, 0.29) is 0 Å². The van der Waals surface area contributed by atoms with Gasteiger partial charge in [-0.15, -0.1) is 0 Å². The summed E-state index contributed by atoms with van der Waals surface area (Å²) < 4.78 is 0. The minimum Gasteiger partial charge on any atom is -0.316 e. The zero-order valence-electron chi connectivity index (χ0n) is 8.45. The second-order valence-electron chi connectivity index (χ2n) is 3.66. The molecule has 0 aliphatic heterocycles. The molecule has 0 aromatic heterocycles. The fraction of sp³-hybridized carbons (Fsp3) is 0.364. The Morgan fingerprint density at radius 2 is 1.64 bits per heavy atom. The average molecular weight is 191 g/mol. The minimum atomic E-state index is -0.809. The number of amides is 1. The van der Waals surface area contributed by atoms with Gasteiger partial charge in [-0.25, -0.2) is 0 Å². The summed E-state index contributed by atoms with van der Waals surface area (Å²) in [4.78, 5) is 10.7. The lowest BCUT2D eigenvalue weighted by Crippen LogP contribution is -2.21. The van der Waals surface area contributed by atoms with Crippen molar-refractivity contribution in [3.05, 3.63) is 35.4 Å². The van der Waals surface area contributed by atoms with Crippen molar-refractivity contribution in [2.45, 2.75) is 25.8 Å². The van der Waals surface area contributed by atoms with Gasteiger partial charge in [0.25, 0.3) is 5.91 Å². The summed E-state index contributed by atoms with van der Waals surface area (Å²) in [5, 5.41) is 0. The fourth-order valence-electron chi connectivity index (χ4n) is 1.24. The van der Waals surface area contributed by atoms with Gasteiger partial charge in [0.05, 0.1) is 0 Å². The number of carbonyl (C=O) groups is 1. The fourth-order valence-corrected chi connectivity index (χ4v) is 1.24. The van der Waals surface area contributed by atoms with Crippen molar-refractivity contribution in [1.29, 1.82) is 0 Å². The van der Waals surface area contributed by atoms with Gasteiger partial charge in [0.1, 0.15) is 6.04 Å². The van der Waals surface area contributed by atoms with Crippen LogP contribution < -0.4 is 11.5 Å². The number of hydrogen-bond acceptors (Lipinski definition) is 2. The monoisotopic (exact) mass is 191 g/mol. The molecule has 75 valence electrons. The maximum atomic E-state index is 10.7. The molecular weight excluding hydrogens is 176 g/mol. The molecule has 0 spiro atoms. The second kappa shape index (κ2) is 4.24. The summed E-state index contributed by atoms with van der Waals surface area (Å²) in [6.07, 6.45) is 0. The predicted molar refractivity (Wildman–Crippen MR) is 55.6 cm³/mol. The van der Waals surface area contributed by atoms with Crippen LogP contribution in [0.3, 0.4) is 0 Å². The van der Waals surface area contributed by atoms with Crippen molar-refractivity contribution < 1.29 is 4.79 Å². The average Bonchev–Trinajstić information content (AvgIpc) is 2.16. The van der Waals surface area contributed by atoms with Crippen LogP contribution in [0.15, 0.2) is 24.3 Å². The van der Waals surface area contributed by atoms with E-state index in [1.165, 1.54) is 5.56 Å². The van der Waals surface area contributed by atoms with Crippen LogP contribution in [-0.2, 0) is 4.79 Å². The molecule has 0 aliphatic carbocycles. The quantitative estimate of drug-likeness (QED) is 0.788. The van der Waals surface area contributed by atoms with Gasteiger partial charge in [-0.3, -0.25) is 10.5 Å². The second-order valence-corrected chi connectivity index (χ2v) is 3.66. The Labute approximate surface area is 84.1 Å². The molecule has 1 unspecified atom stereocenters. The molecule has 0 saturated carbocycles. The molecule has 1 aromatic rings. The lowest BCUT2D eigenvalue weighted by molar-refractivity contribution is -0.120. The highest BCUT2D eigenvalue weighted by molar-refractivity contribution is 5.80. The molecule has 14 heavy (non-hydrogen) atoms. The van der Waals surface area contributed by atoms with Crippen molar-refractivity contribution in [2.24, 2.45) is 5.73 Å². The summed E-state index contributed by atoms with van der Waals surface area (Å²) in [5.74, 6) is -0.283. The smallest absolute Gasteiger partial charge is 0.259 e. The summed E-state index contributed by atoms with van der Waals surface area (Å²) in [5.41, 5.74) is 14.3. The van der Waals surface area contributed by atoms with Gasteiger partial charge in [-0.2, -0.15) is 0 Å². The first-order valence-corrected chi connectivity index (χ1v) is 4.63. The third-order valence-electron chi connectivity index (χ3n) is 2.24. The normalized spacial score (nSPS) is 12.9. The van der Waals surface area contributed by atoms with Crippen LogP contribution in [0.25, 0.3) is 0 Å². The number of hydrogen-bond donors (Lipinski definition) is 1. The SMILES string of the molecule is CC(C)c1ccc(C(N)C([NH])=O)cc1. The molecule has 1 amide bonds. The van der Waals surface area contributed by atoms with Gasteiger partial charge >= 0.3 is 0 Å². The Hall–Kier alpha value is -1.35. The lowest BCUT2D eigenvalue weighted by atomic mass is 9.99. The first-order valence-electron chi connectivity index (χ1n) is 4.63. The van der Waals surface area contributed by atoms with Crippen LogP contribution in [0.5, 0.6) is 0 Å². The highest BCUT2D eigenvalue weighted by Gasteiger charge is 2.12. The largest absolute Gasteiger partial charge is 0.316 e. The molecule has 0 aliphatic rings. The lowest BCUT2D eigenvalue weighted by Gasteiger charge is -2.09. The van der Waals surface area contributed by atoms with Gasteiger partial charge in [0.2, 0.25) is 0 Å². The van der Waals surface area contributed by atoms with E-state index in [1.54, 1.807) is 0 Å². The van der Waals surface area contributed by atoms with Gasteiger partial charge < -0.3 is 5.73 Å². The van der Waals surface area contributed by atoms with Crippen LogP contribution in [0.4, 0.5) is 0 Å². The van der Waals surface area contributed by atoms with Crippen molar-refractivity contribution in [3.63, 3.8) is 0 Å². The summed E-state index contributed by atoms with van der Waals surface area (Å²) in [6, 6.07) is 6.71. The maximum absolute atomic E-state index is 10.7. The number of benzene rings is 1. The molecule has 1 rings (SSSR count). The van der Waals surface area contributed by atoms with E-state index in [9.17, 15) is 4.79 Å². The minimum absolute atomic E-state index is 0.465. The van der Waals surface area contributed by atoms with Crippen molar-refractivity contribution >= 4 is 5.91 Å². The molecule has 3 N–H and O–H groups in total. The Kier molecular flexibility index (Phi) is 3.25. The molecule has 1 radical (unpaired) electrons. The van der Waals surface area contributed by atoms with E-state index >= 15 is 0 Å². The summed E-state index contributed by atoms with van der Waals surface area (Å²) in [7, 11) is 0. The van der Waals surface area contributed by atoms with Crippen LogP contribution in [0.2, 0.25) is 0 Å². The van der Waals surface area contributed by atoms with Crippen molar-refractivity contribution in [1.82, 2.24) is 5.73 Å². The molecule has 1 aromatic carbocycles. The third kappa shape index (κ3) is 2.33. The first kappa shape index (κ1) is 10.7. The van der Waals surface area contributed by atoms with Gasteiger partial charge in [-0.1, -0.05) is 38.1 Å². The van der Waals surface area contributed by atoms with Crippen LogP contribution in [0.1, 0.15) is 36.9 Å². The standard InChI is InChI=1S/C11H15N2O/c1-7(2)8-3-5-9(6-4-8)10(12)11(13)14/h3-7,10,13H,12H2,1-2H3. The number of nitrogens with two attached hydrogens (primary N) is 1. The molecule has 0 heterocycles. The van der Waals surface area contributed by atoms with Crippen LogP contribution >= 0.6 is 0 Å². The highest BCUT2D eigenvalue weighted by Crippen LogP contribution is 2.17. The zero-order valence-corrected chi connectivity index (χ0v) is 8.45. The Morgan fingerprint density at radius 1 is 1.21 bits per heavy atom. The molecule has 1 atom stereocenters. The van der Waals surface area contributed by atoms with Crippen LogP contribution in [0, 0.1) is 0 Å². The van der Waals surface area contributed by atoms with Gasteiger partial charge in [0.15, 0.2) is 0 Å². The summed E-state index contributed by atoms with van der Waals surface area (Å²) >= 11 is 0. The van der Waals surface area contributed by atoms with E-state index in [4.69, 9.17) is 11.5 Å². The molecule has 0 fully saturated rings. The van der Waals surface area contributed by atoms with Crippen molar-refractivity contribution in [2.75, 3.05) is 0 Å². The van der Waals surface area contributed by atoms with Crippen LogP contribution in [-0.4, -0.2) is 5.91 Å². The molecular formula is C11H15N2O. The first-order chi connectivity index (χ1) is 6.52. The van der Waals surface area contributed by atoms with E-state index in [2.05, 4.69) is 13.8 Å². The van der Waals surface area contributed by atoms with Gasteiger partial charge in [-0.05, 0) is 17.0 Å². The zero-order chi connectivity index (χ0) is 10.7. The van der Waals surface area contributed by atoms with E-state index in [0.717, 1.165) is 0 Å². The number of rotatable bonds is 3.